The SMILES string of the molecule is Cc1cc2nnc(-c3cnn(C)c3)n2c2cc(Cl)ccc12. The van der Waals surface area contributed by atoms with Gasteiger partial charge in [-0.2, -0.15) is 5.10 Å². The van der Waals surface area contributed by atoms with Gasteiger partial charge in [-0.25, -0.2) is 0 Å². The van der Waals surface area contributed by atoms with E-state index in [9.17, 15) is 0 Å². The van der Waals surface area contributed by atoms with E-state index in [1.54, 1.807) is 10.9 Å². The van der Waals surface area contributed by atoms with E-state index >= 15 is 0 Å². The van der Waals surface area contributed by atoms with Gasteiger partial charge in [0, 0.05) is 23.7 Å². The number of nitrogens with zero attached hydrogens (tertiary/aromatic N) is 5. The second-order valence-corrected chi connectivity index (χ2v) is 5.55. The maximum atomic E-state index is 6.17. The molecule has 4 aromatic rings. The minimum absolute atomic E-state index is 0.695. The monoisotopic (exact) mass is 297 g/mol. The van der Waals surface area contributed by atoms with Crippen LogP contribution in [0.1, 0.15) is 5.56 Å². The molecule has 4 rings (SSSR count). The Bertz CT molecular complexity index is 982. The number of fused-ring (bicyclic) bond motifs is 3. The van der Waals surface area contributed by atoms with Crippen molar-refractivity contribution in [1.82, 2.24) is 24.4 Å². The Balaban J connectivity index is 2.17. The fourth-order valence-corrected chi connectivity index (χ4v) is 2.81. The molecule has 0 bridgehead atoms. The van der Waals surface area contributed by atoms with Gasteiger partial charge in [0.25, 0.3) is 0 Å². The van der Waals surface area contributed by atoms with Gasteiger partial charge >= 0.3 is 0 Å². The van der Waals surface area contributed by atoms with Crippen molar-refractivity contribution >= 4 is 28.2 Å². The van der Waals surface area contributed by atoms with Crippen molar-refractivity contribution in [3.8, 4) is 11.4 Å². The van der Waals surface area contributed by atoms with Gasteiger partial charge in [0.15, 0.2) is 11.5 Å². The molecule has 0 amide bonds. The predicted octanol–water partition coefficient (Wildman–Crippen LogP) is 3.24. The minimum Gasteiger partial charge on any atom is -0.275 e. The van der Waals surface area contributed by atoms with E-state index in [0.717, 1.165) is 33.5 Å². The smallest absolute Gasteiger partial charge is 0.172 e. The molecule has 0 spiro atoms. The quantitative estimate of drug-likeness (QED) is 0.542. The van der Waals surface area contributed by atoms with Crippen LogP contribution in [0.25, 0.3) is 27.9 Å². The third kappa shape index (κ3) is 1.81. The number of aromatic nitrogens is 5. The van der Waals surface area contributed by atoms with Crippen LogP contribution in [0.5, 0.6) is 0 Å². The highest BCUT2D eigenvalue weighted by molar-refractivity contribution is 6.31. The summed E-state index contributed by atoms with van der Waals surface area (Å²) in [4.78, 5) is 0. The topological polar surface area (TPSA) is 48.0 Å². The van der Waals surface area contributed by atoms with Crippen LogP contribution in [-0.4, -0.2) is 24.4 Å². The van der Waals surface area contributed by atoms with Crippen LogP contribution in [0.15, 0.2) is 36.7 Å². The molecule has 0 aliphatic carbocycles. The van der Waals surface area contributed by atoms with Crippen LogP contribution >= 0.6 is 11.6 Å². The van der Waals surface area contributed by atoms with Crippen molar-refractivity contribution in [2.75, 3.05) is 0 Å². The number of hydrogen-bond donors (Lipinski definition) is 0. The highest BCUT2D eigenvalue weighted by atomic mass is 35.5. The van der Waals surface area contributed by atoms with Gasteiger partial charge in [-0.15, -0.1) is 10.2 Å². The molecule has 0 fully saturated rings. The second kappa shape index (κ2) is 4.30. The Morgan fingerprint density at radius 3 is 2.76 bits per heavy atom. The molecule has 6 heteroatoms. The lowest BCUT2D eigenvalue weighted by Gasteiger charge is -2.07. The number of hydrogen-bond acceptors (Lipinski definition) is 3. The van der Waals surface area contributed by atoms with Gasteiger partial charge in [-0.3, -0.25) is 9.08 Å². The number of rotatable bonds is 1. The first-order valence-corrected chi connectivity index (χ1v) is 6.94. The second-order valence-electron chi connectivity index (χ2n) is 5.11. The van der Waals surface area contributed by atoms with Crippen molar-refractivity contribution in [2.24, 2.45) is 7.05 Å². The zero-order chi connectivity index (χ0) is 14.6. The van der Waals surface area contributed by atoms with Crippen molar-refractivity contribution < 1.29 is 0 Å². The van der Waals surface area contributed by atoms with E-state index in [1.807, 2.05) is 41.9 Å². The van der Waals surface area contributed by atoms with Crippen molar-refractivity contribution in [3.63, 3.8) is 0 Å². The normalized spacial score (nSPS) is 11.6. The highest BCUT2D eigenvalue weighted by Gasteiger charge is 2.14. The molecular weight excluding hydrogens is 286 g/mol. The third-order valence-corrected chi connectivity index (χ3v) is 3.86. The molecule has 5 nitrogen and oxygen atoms in total. The molecule has 0 saturated heterocycles. The van der Waals surface area contributed by atoms with Crippen LogP contribution in [0, 0.1) is 6.92 Å². The van der Waals surface area contributed by atoms with Crippen molar-refractivity contribution in [1.29, 1.82) is 0 Å². The van der Waals surface area contributed by atoms with Gasteiger partial charge in [0.2, 0.25) is 0 Å². The molecule has 3 heterocycles. The average molecular weight is 298 g/mol. The van der Waals surface area contributed by atoms with Crippen molar-refractivity contribution in [3.05, 3.63) is 47.2 Å². The number of pyridine rings is 1. The Hall–Kier alpha value is -2.40. The minimum atomic E-state index is 0.695. The van der Waals surface area contributed by atoms with E-state index in [2.05, 4.69) is 22.2 Å². The first-order chi connectivity index (χ1) is 10.1. The molecule has 104 valence electrons. The summed E-state index contributed by atoms with van der Waals surface area (Å²) in [5.74, 6) is 0.769. The lowest BCUT2D eigenvalue weighted by atomic mass is 10.1. The Morgan fingerprint density at radius 2 is 2.00 bits per heavy atom. The van der Waals surface area contributed by atoms with Gasteiger partial charge in [0.05, 0.1) is 17.3 Å². The molecule has 3 aromatic heterocycles. The Kier molecular flexibility index (Phi) is 2.53. The molecule has 0 aliphatic heterocycles. The van der Waals surface area contributed by atoms with Gasteiger partial charge in [-0.05, 0) is 30.7 Å². The van der Waals surface area contributed by atoms with Gasteiger partial charge < -0.3 is 0 Å². The Morgan fingerprint density at radius 1 is 1.14 bits per heavy atom. The first kappa shape index (κ1) is 12.3. The van der Waals surface area contributed by atoms with Gasteiger partial charge in [-0.1, -0.05) is 17.7 Å². The standard InChI is InChI=1S/C15H12ClN5/c1-9-5-14-18-19-15(10-7-17-20(2)8-10)21(14)13-6-11(16)3-4-12(9)13/h3-8H,1-2H3. The molecule has 0 N–H and O–H groups in total. The zero-order valence-electron chi connectivity index (χ0n) is 11.6. The summed E-state index contributed by atoms with van der Waals surface area (Å²) in [7, 11) is 1.88. The summed E-state index contributed by atoms with van der Waals surface area (Å²) in [6, 6.07) is 7.90. The fraction of sp³-hybridized carbons (Fsp3) is 0.133. The number of aryl methyl sites for hydroxylation is 2. The summed E-state index contributed by atoms with van der Waals surface area (Å²) in [6.07, 6.45) is 3.71. The van der Waals surface area contributed by atoms with Crippen LogP contribution in [0.4, 0.5) is 0 Å². The summed E-state index contributed by atoms with van der Waals surface area (Å²) < 4.78 is 3.77. The summed E-state index contributed by atoms with van der Waals surface area (Å²) in [6.45, 7) is 2.06. The van der Waals surface area contributed by atoms with E-state index in [4.69, 9.17) is 11.6 Å². The summed E-state index contributed by atoms with van der Waals surface area (Å²) >= 11 is 6.17. The van der Waals surface area contributed by atoms with Crippen LogP contribution in [-0.2, 0) is 7.05 Å². The molecule has 0 saturated carbocycles. The van der Waals surface area contributed by atoms with E-state index < -0.39 is 0 Å². The van der Waals surface area contributed by atoms with Crippen LogP contribution in [0.2, 0.25) is 5.02 Å². The maximum absolute atomic E-state index is 6.17. The number of benzene rings is 1. The average Bonchev–Trinajstić information content (AvgIpc) is 3.04. The predicted molar refractivity (Wildman–Crippen MR) is 82.4 cm³/mol. The highest BCUT2D eigenvalue weighted by Crippen LogP contribution is 2.27. The van der Waals surface area contributed by atoms with Crippen molar-refractivity contribution in [2.45, 2.75) is 6.92 Å². The van der Waals surface area contributed by atoms with Gasteiger partial charge in [0.1, 0.15) is 0 Å². The summed E-state index contributed by atoms with van der Waals surface area (Å²) in [5, 5.41) is 14.6. The Labute approximate surface area is 125 Å². The van der Waals surface area contributed by atoms with Crippen LogP contribution in [0.3, 0.4) is 0 Å². The molecule has 0 aliphatic rings. The largest absolute Gasteiger partial charge is 0.275 e. The molecule has 0 unspecified atom stereocenters. The molecule has 0 atom stereocenters. The van der Waals surface area contributed by atoms with E-state index in [-0.39, 0.29) is 0 Å². The first-order valence-electron chi connectivity index (χ1n) is 6.56. The molecular formula is C15H12ClN5. The molecule has 21 heavy (non-hydrogen) atoms. The molecule has 0 radical (unpaired) electrons. The maximum Gasteiger partial charge on any atom is 0.172 e. The fourth-order valence-electron chi connectivity index (χ4n) is 2.65. The zero-order valence-corrected chi connectivity index (χ0v) is 12.3. The summed E-state index contributed by atoms with van der Waals surface area (Å²) in [5.41, 5.74) is 3.89. The lowest BCUT2D eigenvalue weighted by molar-refractivity contribution is 0.768. The number of halogens is 1. The van der Waals surface area contributed by atoms with E-state index in [1.165, 1.54) is 0 Å². The molecule has 1 aromatic carbocycles. The third-order valence-electron chi connectivity index (χ3n) is 3.62. The van der Waals surface area contributed by atoms with Crippen LogP contribution < -0.4 is 0 Å². The lowest BCUT2D eigenvalue weighted by Crippen LogP contribution is -1.94. The van der Waals surface area contributed by atoms with E-state index in [0.29, 0.717) is 5.02 Å².